The maximum atomic E-state index is 12.9. The number of Topliss-reactive ketones (excluding diaryl/α,β-unsaturated/α-hetero) is 1. The van der Waals surface area contributed by atoms with Crippen molar-refractivity contribution in [2.45, 2.75) is 209 Å². The molecule has 330 valence electrons. The smallest absolute Gasteiger partial charge is 0.186 e. The van der Waals surface area contributed by atoms with E-state index >= 15 is 0 Å². The molecule has 1 heterocycles. The second-order valence-corrected chi connectivity index (χ2v) is 15.9. The first-order chi connectivity index (χ1) is 26.2. The number of carbonyl (C=O) groups is 1. The van der Waals surface area contributed by atoms with E-state index in [9.17, 15) is 66.1 Å². The van der Waals surface area contributed by atoms with Crippen LogP contribution < -0.4 is 5.32 Å². The van der Waals surface area contributed by atoms with Gasteiger partial charge in [-0.2, -0.15) is 0 Å². The highest BCUT2D eigenvalue weighted by Crippen LogP contribution is 2.26. The highest BCUT2D eigenvalue weighted by molar-refractivity contribution is 5.81. The average Bonchev–Trinajstić information content (AvgIpc) is 3.09. The molecule has 1 rings (SSSR count). The minimum Gasteiger partial charge on any atom is -0.393 e. The summed E-state index contributed by atoms with van der Waals surface area (Å²) >= 11 is 0. The summed E-state index contributed by atoms with van der Waals surface area (Å²) in [7, 11) is 0. The number of ether oxygens (including phenoxy) is 2. The van der Waals surface area contributed by atoms with Gasteiger partial charge in [-0.15, -0.1) is 0 Å². The highest BCUT2D eigenvalue weighted by atomic mass is 16.7. The lowest BCUT2D eigenvalue weighted by atomic mass is 9.91. The van der Waals surface area contributed by atoms with Crippen molar-refractivity contribution in [3.63, 3.8) is 0 Å². The first-order valence-corrected chi connectivity index (χ1v) is 20.3. The number of carbonyl (C=O) groups excluding carboxylic acids is 1. The van der Waals surface area contributed by atoms with Gasteiger partial charge in [0.1, 0.15) is 24.1 Å². The molecule has 0 bridgehead atoms. The van der Waals surface area contributed by atoms with E-state index in [1.54, 1.807) is 19.9 Å². The van der Waals surface area contributed by atoms with Crippen molar-refractivity contribution in [3.8, 4) is 0 Å². The third-order valence-corrected chi connectivity index (χ3v) is 10.0. The summed E-state index contributed by atoms with van der Waals surface area (Å²) in [6, 6.07) is 0.370. The molecule has 13 N–H and O–H groups in total. The standard InChI is InChI=1S/C40H75NO15/c1-6-36(56-40-39(54)38(53)37(52)25(5)55-40)24(4)35(51)22-34(50)21-33(49)19-29(45)13-8-12-28(44)18-32(48)20-31(47)17-27(43)11-7-10-26(42)16-30(46)14-9-15-41-23(2)3/h7-8,11,13,23-34,36-50,52-54H,6,9-10,12,14-22H2,1-5H3. The molecule has 1 saturated heterocycles. The van der Waals surface area contributed by atoms with Gasteiger partial charge in [0, 0.05) is 31.2 Å². The zero-order chi connectivity index (χ0) is 42.5. The SMILES string of the molecule is CCC(OC1OC(C)C(O)C(O)C1O)C(C)C(=O)CC(O)CC(O)CC(O)C=CCC(O)CC(O)CC(O)CC(O)C=CCC(O)CC(O)CCCNC(C)C. The first-order valence-electron chi connectivity index (χ1n) is 20.3. The molecule has 0 aromatic rings. The van der Waals surface area contributed by atoms with Gasteiger partial charge < -0.3 is 76.1 Å². The first kappa shape index (κ1) is 52.6. The Morgan fingerprint density at radius 2 is 1.16 bits per heavy atom. The second-order valence-electron chi connectivity index (χ2n) is 15.9. The summed E-state index contributed by atoms with van der Waals surface area (Å²) in [5.74, 6) is -1.10. The molecule has 1 fully saturated rings. The Kier molecular flexibility index (Phi) is 26.4. The fourth-order valence-corrected chi connectivity index (χ4v) is 6.66. The van der Waals surface area contributed by atoms with Crippen molar-refractivity contribution in [2.75, 3.05) is 6.54 Å². The van der Waals surface area contributed by atoms with Crippen molar-refractivity contribution < 1.29 is 75.5 Å². The van der Waals surface area contributed by atoms with Gasteiger partial charge >= 0.3 is 0 Å². The lowest BCUT2D eigenvalue weighted by Gasteiger charge is -2.40. The predicted molar refractivity (Wildman–Crippen MR) is 208 cm³/mol. The Bertz CT molecular complexity index is 1100. The largest absolute Gasteiger partial charge is 0.393 e. The lowest BCUT2D eigenvalue weighted by Crippen LogP contribution is -2.58. The Morgan fingerprint density at radius 1 is 0.679 bits per heavy atom. The van der Waals surface area contributed by atoms with Gasteiger partial charge in [0.05, 0.1) is 67.1 Å². The quantitative estimate of drug-likeness (QED) is 0.0321. The van der Waals surface area contributed by atoms with Crippen LogP contribution in [0.4, 0.5) is 0 Å². The van der Waals surface area contributed by atoms with Crippen LogP contribution in [0, 0.1) is 5.92 Å². The van der Waals surface area contributed by atoms with Gasteiger partial charge in [0.25, 0.3) is 0 Å². The number of rotatable bonds is 30. The van der Waals surface area contributed by atoms with E-state index in [4.69, 9.17) is 9.47 Å². The van der Waals surface area contributed by atoms with Crippen LogP contribution in [0.5, 0.6) is 0 Å². The summed E-state index contributed by atoms with van der Waals surface area (Å²) in [5, 5.41) is 126. The zero-order valence-electron chi connectivity index (χ0n) is 33.9. The molecule has 56 heavy (non-hydrogen) atoms. The van der Waals surface area contributed by atoms with Gasteiger partial charge in [0.15, 0.2) is 6.29 Å². The number of aliphatic hydroxyl groups excluding tert-OH is 12. The molecule has 0 saturated carbocycles. The van der Waals surface area contributed by atoms with Crippen LogP contribution in [-0.2, 0) is 14.3 Å². The van der Waals surface area contributed by atoms with Crippen molar-refractivity contribution in [1.29, 1.82) is 0 Å². The summed E-state index contributed by atoms with van der Waals surface area (Å²) < 4.78 is 11.3. The van der Waals surface area contributed by atoms with Gasteiger partial charge in [-0.25, -0.2) is 0 Å². The lowest BCUT2D eigenvalue weighted by molar-refractivity contribution is -0.306. The third kappa shape index (κ3) is 22.1. The average molecular weight is 810 g/mol. The molecule has 16 heteroatoms. The van der Waals surface area contributed by atoms with E-state index in [-0.39, 0.29) is 63.6 Å². The van der Waals surface area contributed by atoms with E-state index in [1.165, 1.54) is 25.2 Å². The molecule has 0 radical (unpaired) electrons. The molecule has 0 aromatic carbocycles. The maximum absolute atomic E-state index is 12.9. The van der Waals surface area contributed by atoms with Gasteiger partial charge in [-0.05, 0) is 71.3 Å². The van der Waals surface area contributed by atoms with E-state index < -0.39 is 97.7 Å². The van der Waals surface area contributed by atoms with E-state index in [2.05, 4.69) is 5.32 Å². The van der Waals surface area contributed by atoms with Crippen LogP contribution in [0.25, 0.3) is 0 Å². The summed E-state index contributed by atoms with van der Waals surface area (Å²) in [5.41, 5.74) is 0. The van der Waals surface area contributed by atoms with Crippen LogP contribution in [0.3, 0.4) is 0 Å². The van der Waals surface area contributed by atoms with Crippen LogP contribution in [0.15, 0.2) is 24.3 Å². The summed E-state index contributed by atoms with van der Waals surface area (Å²) in [4.78, 5) is 12.9. The minimum atomic E-state index is -1.53. The van der Waals surface area contributed by atoms with E-state index in [0.29, 0.717) is 18.9 Å². The molecule has 1 aliphatic heterocycles. The van der Waals surface area contributed by atoms with Gasteiger partial charge in [-0.1, -0.05) is 52.0 Å². The van der Waals surface area contributed by atoms with Crippen LogP contribution in [-0.4, -0.2) is 171 Å². The van der Waals surface area contributed by atoms with Crippen LogP contribution in [0.1, 0.15) is 112 Å². The van der Waals surface area contributed by atoms with Crippen LogP contribution >= 0.6 is 0 Å². The van der Waals surface area contributed by atoms with E-state index in [1.807, 2.05) is 13.8 Å². The molecule has 0 spiro atoms. The fraction of sp³-hybridized carbons (Fsp3) is 0.875. The van der Waals surface area contributed by atoms with Gasteiger partial charge in [-0.3, -0.25) is 4.79 Å². The summed E-state index contributed by atoms with van der Waals surface area (Å²) in [6.07, 6.45) is -8.95. The topological polar surface area (TPSA) is 290 Å². The Balaban J connectivity index is 2.35. The third-order valence-electron chi connectivity index (χ3n) is 10.0. The second kappa shape index (κ2) is 28.1. The van der Waals surface area contributed by atoms with Crippen molar-refractivity contribution in [2.24, 2.45) is 5.92 Å². The Labute approximate surface area is 332 Å². The Morgan fingerprint density at radius 3 is 1.68 bits per heavy atom. The minimum absolute atomic E-state index is 0.0618. The number of aliphatic hydroxyl groups is 12. The number of ketones is 1. The number of hydrogen-bond donors (Lipinski definition) is 13. The van der Waals surface area contributed by atoms with Gasteiger partial charge in [0.2, 0.25) is 0 Å². The molecule has 1 aliphatic rings. The Hall–Kier alpha value is -1.45. The zero-order valence-corrected chi connectivity index (χ0v) is 33.9. The predicted octanol–water partition coefficient (Wildman–Crippen LogP) is -0.536. The normalized spacial score (nSPS) is 26.8. The number of hydrogen-bond acceptors (Lipinski definition) is 16. The maximum Gasteiger partial charge on any atom is 0.186 e. The van der Waals surface area contributed by atoms with Crippen molar-refractivity contribution in [3.05, 3.63) is 24.3 Å². The fourth-order valence-electron chi connectivity index (χ4n) is 6.66. The molecular weight excluding hydrogens is 734 g/mol. The molecule has 16 nitrogen and oxygen atoms in total. The van der Waals surface area contributed by atoms with E-state index in [0.717, 1.165) is 13.0 Å². The molecule has 0 aromatic heterocycles. The molecule has 0 amide bonds. The summed E-state index contributed by atoms with van der Waals surface area (Å²) in [6.45, 7) is 9.74. The van der Waals surface area contributed by atoms with Crippen molar-refractivity contribution >= 4 is 5.78 Å². The van der Waals surface area contributed by atoms with Crippen LogP contribution in [0.2, 0.25) is 0 Å². The van der Waals surface area contributed by atoms with Crippen molar-refractivity contribution in [1.82, 2.24) is 5.32 Å². The monoisotopic (exact) mass is 810 g/mol. The molecule has 0 aliphatic carbocycles. The number of nitrogens with one attached hydrogen (secondary N) is 1. The molecule has 16 unspecified atom stereocenters. The molecular formula is C40H75NO15. The molecule has 16 atom stereocenters. The highest BCUT2D eigenvalue weighted by Gasteiger charge is 2.44.